The summed E-state index contributed by atoms with van der Waals surface area (Å²) in [5.41, 5.74) is 0.485. The van der Waals surface area contributed by atoms with Gasteiger partial charge in [-0.1, -0.05) is 34.8 Å². The quantitative estimate of drug-likeness (QED) is 0.800. The number of hydrogen-bond donors (Lipinski definition) is 2. The molecule has 1 amide bonds. The summed E-state index contributed by atoms with van der Waals surface area (Å²) in [6.07, 6.45) is 1.04. The van der Waals surface area contributed by atoms with Gasteiger partial charge in [-0.25, -0.2) is 0 Å². The monoisotopic (exact) mass is 371 g/mol. The Labute approximate surface area is 145 Å². The van der Waals surface area contributed by atoms with Crippen LogP contribution in [-0.4, -0.2) is 43.5 Å². The van der Waals surface area contributed by atoms with Crippen molar-refractivity contribution >= 4 is 58.8 Å². The molecule has 0 atom stereocenters. The second kappa shape index (κ2) is 9.03. The second-order valence-corrected chi connectivity index (χ2v) is 5.90. The van der Waals surface area contributed by atoms with Crippen LogP contribution in [0.15, 0.2) is 12.1 Å². The fourth-order valence-electron chi connectivity index (χ4n) is 2.07. The molecule has 1 aromatic carbocycles. The summed E-state index contributed by atoms with van der Waals surface area (Å²) in [4.78, 5) is 14.1. The standard InChI is InChI=1S/C13H16Cl3N3O.ClH/c14-9-6-11(16)12(7-10(9)15)18-13(20)8-19-4-1-2-17-3-5-19;/h6-7,17H,1-5,8H2,(H,18,20);1H. The van der Waals surface area contributed by atoms with Gasteiger partial charge in [0, 0.05) is 13.1 Å². The number of carbonyl (C=O) groups excluding carboxylic acids is 1. The molecule has 1 aromatic rings. The molecule has 1 aliphatic rings. The van der Waals surface area contributed by atoms with Crippen molar-refractivity contribution in [3.63, 3.8) is 0 Å². The van der Waals surface area contributed by atoms with Gasteiger partial charge in [0.05, 0.1) is 27.3 Å². The minimum Gasteiger partial charge on any atom is -0.324 e. The summed E-state index contributed by atoms with van der Waals surface area (Å²) < 4.78 is 0. The van der Waals surface area contributed by atoms with Crippen LogP contribution in [0.3, 0.4) is 0 Å². The van der Waals surface area contributed by atoms with Gasteiger partial charge in [0.1, 0.15) is 0 Å². The molecule has 1 fully saturated rings. The first-order chi connectivity index (χ1) is 9.56. The van der Waals surface area contributed by atoms with E-state index in [1.807, 2.05) is 0 Å². The van der Waals surface area contributed by atoms with Crippen LogP contribution in [0.4, 0.5) is 5.69 Å². The minimum atomic E-state index is -0.104. The van der Waals surface area contributed by atoms with Crippen molar-refractivity contribution in [1.82, 2.24) is 10.2 Å². The van der Waals surface area contributed by atoms with Crippen LogP contribution >= 0.6 is 47.2 Å². The van der Waals surface area contributed by atoms with Gasteiger partial charge >= 0.3 is 0 Å². The lowest BCUT2D eigenvalue weighted by Crippen LogP contribution is -2.35. The fraction of sp³-hybridized carbons (Fsp3) is 0.462. The first-order valence-corrected chi connectivity index (χ1v) is 7.57. The Bertz CT molecular complexity index is 491. The molecule has 0 unspecified atom stereocenters. The highest BCUT2D eigenvalue weighted by Crippen LogP contribution is 2.32. The smallest absolute Gasteiger partial charge is 0.238 e. The average molecular weight is 373 g/mol. The lowest BCUT2D eigenvalue weighted by atomic mass is 10.3. The molecule has 0 radical (unpaired) electrons. The van der Waals surface area contributed by atoms with E-state index in [9.17, 15) is 4.79 Å². The third-order valence-corrected chi connectivity index (χ3v) is 4.12. The normalized spacial score (nSPS) is 16.0. The maximum Gasteiger partial charge on any atom is 0.238 e. The van der Waals surface area contributed by atoms with Crippen LogP contribution in [0.5, 0.6) is 0 Å². The zero-order valence-corrected chi connectivity index (χ0v) is 14.4. The van der Waals surface area contributed by atoms with Crippen molar-refractivity contribution in [3.05, 3.63) is 27.2 Å². The Balaban J connectivity index is 0.00000220. The molecule has 0 aromatic heterocycles. The number of hydrogen-bond acceptors (Lipinski definition) is 3. The van der Waals surface area contributed by atoms with Gasteiger partial charge in [-0.2, -0.15) is 0 Å². The largest absolute Gasteiger partial charge is 0.324 e. The van der Waals surface area contributed by atoms with Crippen LogP contribution in [0.25, 0.3) is 0 Å². The van der Waals surface area contributed by atoms with Crippen LogP contribution < -0.4 is 10.6 Å². The van der Waals surface area contributed by atoms with Gasteiger partial charge in [-0.05, 0) is 31.6 Å². The Morgan fingerprint density at radius 3 is 2.62 bits per heavy atom. The third kappa shape index (κ3) is 5.81. The summed E-state index contributed by atoms with van der Waals surface area (Å²) in [5.74, 6) is -0.104. The first-order valence-electron chi connectivity index (χ1n) is 6.44. The average Bonchev–Trinajstić information content (AvgIpc) is 2.64. The number of amides is 1. The Morgan fingerprint density at radius 1 is 1.14 bits per heavy atom. The van der Waals surface area contributed by atoms with E-state index >= 15 is 0 Å². The van der Waals surface area contributed by atoms with Gasteiger partial charge in [-0.15, -0.1) is 12.4 Å². The molecule has 21 heavy (non-hydrogen) atoms. The molecule has 118 valence electrons. The zero-order valence-electron chi connectivity index (χ0n) is 11.3. The van der Waals surface area contributed by atoms with E-state index in [0.29, 0.717) is 27.3 Å². The lowest BCUT2D eigenvalue weighted by Gasteiger charge is -2.19. The van der Waals surface area contributed by atoms with Crippen molar-refractivity contribution in [2.45, 2.75) is 6.42 Å². The van der Waals surface area contributed by atoms with E-state index in [4.69, 9.17) is 34.8 Å². The number of carbonyl (C=O) groups is 1. The molecule has 0 bridgehead atoms. The van der Waals surface area contributed by atoms with E-state index < -0.39 is 0 Å². The molecular weight excluding hydrogens is 356 g/mol. The number of nitrogens with zero attached hydrogens (tertiary/aromatic N) is 1. The number of anilines is 1. The summed E-state index contributed by atoms with van der Waals surface area (Å²) >= 11 is 17.8. The van der Waals surface area contributed by atoms with Gasteiger partial charge in [-0.3, -0.25) is 9.69 Å². The lowest BCUT2D eigenvalue weighted by molar-refractivity contribution is -0.117. The SMILES string of the molecule is Cl.O=C(CN1CCCNCC1)Nc1cc(Cl)c(Cl)cc1Cl. The molecule has 2 rings (SSSR count). The Morgan fingerprint density at radius 2 is 1.86 bits per heavy atom. The number of halogens is 4. The van der Waals surface area contributed by atoms with Crippen molar-refractivity contribution in [1.29, 1.82) is 0 Å². The predicted molar refractivity (Wildman–Crippen MR) is 91.3 cm³/mol. The van der Waals surface area contributed by atoms with Crippen molar-refractivity contribution in [3.8, 4) is 0 Å². The summed E-state index contributed by atoms with van der Waals surface area (Å²) in [6, 6.07) is 3.09. The first kappa shape index (κ1) is 18.8. The summed E-state index contributed by atoms with van der Waals surface area (Å²) in [7, 11) is 0. The number of nitrogens with one attached hydrogen (secondary N) is 2. The van der Waals surface area contributed by atoms with Crippen molar-refractivity contribution in [2.75, 3.05) is 38.0 Å². The molecular formula is C13H17Cl4N3O. The van der Waals surface area contributed by atoms with Gasteiger partial charge in [0.2, 0.25) is 5.91 Å². The van der Waals surface area contributed by atoms with Crippen molar-refractivity contribution in [2.24, 2.45) is 0 Å². The zero-order chi connectivity index (χ0) is 14.5. The number of benzene rings is 1. The van der Waals surface area contributed by atoms with Crippen LogP contribution in [0, 0.1) is 0 Å². The molecule has 2 N–H and O–H groups in total. The van der Waals surface area contributed by atoms with E-state index in [0.717, 1.165) is 32.6 Å². The minimum absolute atomic E-state index is 0. The molecule has 1 heterocycles. The summed E-state index contributed by atoms with van der Waals surface area (Å²) in [6.45, 7) is 4.02. The predicted octanol–water partition coefficient (Wildman–Crippen LogP) is 3.30. The topological polar surface area (TPSA) is 44.4 Å². The third-order valence-electron chi connectivity index (χ3n) is 3.08. The van der Waals surface area contributed by atoms with E-state index in [2.05, 4.69) is 15.5 Å². The molecule has 0 saturated carbocycles. The number of rotatable bonds is 3. The van der Waals surface area contributed by atoms with Gasteiger partial charge in [0.25, 0.3) is 0 Å². The molecule has 8 heteroatoms. The highest BCUT2D eigenvalue weighted by Gasteiger charge is 2.14. The molecule has 1 saturated heterocycles. The van der Waals surface area contributed by atoms with E-state index in [1.54, 1.807) is 6.07 Å². The van der Waals surface area contributed by atoms with E-state index in [-0.39, 0.29) is 18.3 Å². The Hall–Kier alpha value is -0.230. The molecule has 4 nitrogen and oxygen atoms in total. The maximum absolute atomic E-state index is 12.0. The van der Waals surface area contributed by atoms with Crippen molar-refractivity contribution < 1.29 is 4.79 Å². The van der Waals surface area contributed by atoms with Crippen LogP contribution in [-0.2, 0) is 4.79 Å². The highest BCUT2D eigenvalue weighted by molar-refractivity contribution is 6.44. The van der Waals surface area contributed by atoms with E-state index in [1.165, 1.54) is 6.07 Å². The Kier molecular flexibility index (Phi) is 8.09. The fourth-order valence-corrected chi connectivity index (χ4v) is 2.67. The summed E-state index contributed by atoms with van der Waals surface area (Å²) in [5, 5.41) is 7.18. The highest BCUT2D eigenvalue weighted by atomic mass is 35.5. The maximum atomic E-state index is 12.0. The van der Waals surface area contributed by atoms with Crippen LogP contribution in [0.1, 0.15) is 6.42 Å². The molecule has 0 spiro atoms. The molecule has 0 aliphatic carbocycles. The van der Waals surface area contributed by atoms with Crippen LogP contribution in [0.2, 0.25) is 15.1 Å². The molecule has 1 aliphatic heterocycles. The van der Waals surface area contributed by atoms with Gasteiger partial charge in [0.15, 0.2) is 0 Å². The second-order valence-electron chi connectivity index (χ2n) is 4.67. The van der Waals surface area contributed by atoms with Gasteiger partial charge < -0.3 is 10.6 Å².